The first kappa shape index (κ1) is 16.7. The van der Waals surface area contributed by atoms with Crippen LogP contribution in [0.4, 0.5) is 0 Å². The van der Waals surface area contributed by atoms with Gasteiger partial charge in [-0.25, -0.2) is 9.48 Å². The van der Waals surface area contributed by atoms with Crippen molar-refractivity contribution in [3.8, 4) is 0 Å². The average molecular weight is 356 g/mol. The minimum Gasteiger partial charge on any atom is -0.480 e. The third-order valence-corrected chi connectivity index (χ3v) is 5.58. The van der Waals surface area contributed by atoms with Gasteiger partial charge in [0.05, 0.1) is 5.39 Å². The van der Waals surface area contributed by atoms with Crippen LogP contribution in [0.5, 0.6) is 0 Å². The molecule has 2 fully saturated rings. The predicted molar refractivity (Wildman–Crippen MR) is 92.4 cm³/mol. The molecule has 8 nitrogen and oxygen atoms in total. The SMILES string of the molecule is O=C(O)[C@@H]1C[C@@H]2CCCC[C@H]2N1C(=O)Cn1nnc2ccccc2c1=O. The maximum absolute atomic E-state index is 12.9. The second-order valence-electron chi connectivity index (χ2n) is 7.07. The fourth-order valence-electron chi connectivity index (χ4n) is 4.38. The molecule has 1 saturated heterocycles. The number of amides is 1. The quantitative estimate of drug-likeness (QED) is 0.881. The molecule has 4 rings (SSSR count). The number of rotatable bonds is 3. The molecule has 0 radical (unpaired) electrons. The zero-order valence-electron chi connectivity index (χ0n) is 14.2. The van der Waals surface area contributed by atoms with Crippen LogP contribution in [-0.2, 0) is 16.1 Å². The van der Waals surface area contributed by atoms with Crippen molar-refractivity contribution in [2.24, 2.45) is 5.92 Å². The van der Waals surface area contributed by atoms with Crippen molar-refractivity contribution in [2.75, 3.05) is 0 Å². The van der Waals surface area contributed by atoms with E-state index >= 15 is 0 Å². The molecule has 1 aromatic carbocycles. The molecule has 0 spiro atoms. The number of fused-ring (bicyclic) bond motifs is 2. The lowest BCUT2D eigenvalue weighted by Crippen LogP contribution is -2.48. The van der Waals surface area contributed by atoms with Crippen LogP contribution < -0.4 is 5.56 Å². The van der Waals surface area contributed by atoms with Crippen LogP contribution in [0.2, 0.25) is 0 Å². The average Bonchev–Trinajstić information content (AvgIpc) is 3.04. The van der Waals surface area contributed by atoms with E-state index < -0.39 is 17.6 Å². The summed E-state index contributed by atoms with van der Waals surface area (Å²) in [5, 5.41) is 17.8. The molecule has 2 heterocycles. The fourth-order valence-corrected chi connectivity index (χ4v) is 4.38. The summed E-state index contributed by atoms with van der Waals surface area (Å²) in [5.74, 6) is -1.13. The number of hydrogen-bond donors (Lipinski definition) is 1. The molecule has 8 heteroatoms. The Balaban J connectivity index is 1.63. The summed E-state index contributed by atoms with van der Waals surface area (Å²) in [7, 11) is 0. The van der Waals surface area contributed by atoms with Gasteiger partial charge in [-0.05, 0) is 37.3 Å². The Morgan fingerprint density at radius 3 is 2.77 bits per heavy atom. The molecule has 1 aliphatic heterocycles. The van der Waals surface area contributed by atoms with Crippen molar-refractivity contribution in [3.63, 3.8) is 0 Å². The Morgan fingerprint density at radius 1 is 1.19 bits per heavy atom. The number of likely N-dealkylation sites (tertiary alicyclic amines) is 1. The molecule has 136 valence electrons. The van der Waals surface area contributed by atoms with Gasteiger partial charge in [-0.2, -0.15) is 0 Å². The molecule has 0 bridgehead atoms. The molecule has 26 heavy (non-hydrogen) atoms. The van der Waals surface area contributed by atoms with Gasteiger partial charge in [0, 0.05) is 6.04 Å². The normalized spacial score (nSPS) is 25.2. The molecule has 1 aliphatic carbocycles. The summed E-state index contributed by atoms with van der Waals surface area (Å²) in [4.78, 5) is 38.6. The first-order valence-corrected chi connectivity index (χ1v) is 8.93. The van der Waals surface area contributed by atoms with E-state index in [1.54, 1.807) is 24.3 Å². The van der Waals surface area contributed by atoms with E-state index in [-0.39, 0.29) is 24.4 Å². The Morgan fingerprint density at radius 2 is 1.96 bits per heavy atom. The van der Waals surface area contributed by atoms with E-state index in [0.29, 0.717) is 17.3 Å². The van der Waals surface area contributed by atoms with Crippen LogP contribution in [0.3, 0.4) is 0 Å². The Bertz CT molecular complexity index is 925. The molecule has 2 aliphatic rings. The number of carboxylic acid groups (broad SMARTS) is 1. The zero-order valence-corrected chi connectivity index (χ0v) is 14.2. The van der Waals surface area contributed by atoms with E-state index in [4.69, 9.17) is 0 Å². The smallest absolute Gasteiger partial charge is 0.326 e. The van der Waals surface area contributed by atoms with Crippen molar-refractivity contribution in [1.29, 1.82) is 0 Å². The summed E-state index contributed by atoms with van der Waals surface area (Å²) < 4.78 is 1.03. The molecule has 1 N–H and O–H groups in total. The van der Waals surface area contributed by atoms with E-state index in [9.17, 15) is 19.5 Å². The lowest BCUT2D eigenvalue weighted by atomic mass is 9.85. The van der Waals surface area contributed by atoms with Crippen molar-refractivity contribution >= 4 is 22.8 Å². The van der Waals surface area contributed by atoms with E-state index in [1.807, 2.05) is 0 Å². The van der Waals surface area contributed by atoms with Gasteiger partial charge in [-0.3, -0.25) is 9.59 Å². The number of carboxylic acids is 1. The van der Waals surface area contributed by atoms with Crippen molar-refractivity contribution in [2.45, 2.75) is 50.7 Å². The van der Waals surface area contributed by atoms with Gasteiger partial charge in [0.1, 0.15) is 18.1 Å². The fraction of sp³-hybridized carbons (Fsp3) is 0.500. The molecule has 2 aromatic rings. The summed E-state index contributed by atoms with van der Waals surface area (Å²) in [6.45, 7) is -0.288. The van der Waals surface area contributed by atoms with Gasteiger partial charge in [0.15, 0.2) is 0 Å². The highest BCUT2D eigenvalue weighted by Crippen LogP contribution is 2.39. The van der Waals surface area contributed by atoms with Gasteiger partial charge >= 0.3 is 5.97 Å². The Hall–Kier alpha value is -2.77. The Labute approximate surface area is 149 Å². The largest absolute Gasteiger partial charge is 0.480 e. The minimum atomic E-state index is -0.982. The minimum absolute atomic E-state index is 0.0542. The maximum atomic E-state index is 12.9. The highest BCUT2D eigenvalue weighted by atomic mass is 16.4. The van der Waals surface area contributed by atoms with Crippen LogP contribution in [0.1, 0.15) is 32.1 Å². The van der Waals surface area contributed by atoms with Crippen molar-refractivity contribution < 1.29 is 14.7 Å². The van der Waals surface area contributed by atoms with Gasteiger partial charge in [0.2, 0.25) is 5.91 Å². The molecule has 1 saturated carbocycles. The van der Waals surface area contributed by atoms with Crippen LogP contribution in [0.25, 0.3) is 10.9 Å². The first-order chi connectivity index (χ1) is 12.6. The van der Waals surface area contributed by atoms with Gasteiger partial charge in [-0.15, -0.1) is 5.10 Å². The Kier molecular flexibility index (Phi) is 4.18. The van der Waals surface area contributed by atoms with Crippen LogP contribution in [0.15, 0.2) is 29.1 Å². The summed E-state index contributed by atoms with van der Waals surface area (Å²) in [6.07, 6.45) is 4.33. The molecule has 1 amide bonds. The van der Waals surface area contributed by atoms with Gasteiger partial charge in [-0.1, -0.05) is 30.2 Å². The topological polar surface area (TPSA) is 105 Å². The lowest BCUT2D eigenvalue weighted by molar-refractivity contribution is -0.150. The summed E-state index contributed by atoms with van der Waals surface area (Å²) in [6, 6.07) is 5.94. The van der Waals surface area contributed by atoms with Crippen LogP contribution in [0, 0.1) is 5.92 Å². The molecule has 1 aromatic heterocycles. The third kappa shape index (κ3) is 2.75. The second-order valence-corrected chi connectivity index (χ2v) is 7.07. The summed E-state index contributed by atoms with van der Waals surface area (Å²) in [5.41, 5.74) is 0.0772. The van der Waals surface area contributed by atoms with Gasteiger partial charge in [0.25, 0.3) is 5.56 Å². The van der Waals surface area contributed by atoms with Crippen molar-refractivity contribution in [1.82, 2.24) is 19.9 Å². The standard InChI is InChI=1S/C18H20N4O4/c23-16(10-21-17(24)12-6-2-3-7-13(12)19-20-21)22-14-8-4-1-5-11(14)9-15(22)18(25)26/h2-3,6-7,11,14-15H,1,4-5,8-10H2,(H,25,26)/t11-,14+,15-/m0/s1. The highest BCUT2D eigenvalue weighted by molar-refractivity contribution is 5.85. The number of carbonyl (C=O) groups is 2. The maximum Gasteiger partial charge on any atom is 0.326 e. The molecular formula is C18H20N4O4. The first-order valence-electron chi connectivity index (χ1n) is 8.93. The second kappa shape index (κ2) is 6.51. The summed E-state index contributed by atoms with van der Waals surface area (Å²) >= 11 is 0. The third-order valence-electron chi connectivity index (χ3n) is 5.58. The zero-order chi connectivity index (χ0) is 18.3. The van der Waals surface area contributed by atoms with E-state index in [0.717, 1.165) is 30.4 Å². The number of aliphatic carboxylic acids is 1. The molecular weight excluding hydrogens is 336 g/mol. The van der Waals surface area contributed by atoms with Crippen molar-refractivity contribution in [3.05, 3.63) is 34.6 Å². The lowest BCUT2D eigenvalue weighted by Gasteiger charge is -2.33. The number of carbonyl (C=O) groups excluding carboxylic acids is 1. The van der Waals surface area contributed by atoms with E-state index in [2.05, 4.69) is 10.3 Å². The van der Waals surface area contributed by atoms with Crippen LogP contribution >= 0.6 is 0 Å². The molecule has 0 unspecified atom stereocenters. The highest BCUT2D eigenvalue weighted by Gasteiger charge is 2.47. The molecule has 3 atom stereocenters. The van der Waals surface area contributed by atoms with E-state index in [1.165, 1.54) is 4.90 Å². The van der Waals surface area contributed by atoms with Gasteiger partial charge < -0.3 is 10.0 Å². The number of benzene rings is 1. The van der Waals surface area contributed by atoms with Crippen LogP contribution in [-0.4, -0.2) is 49.0 Å². The number of nitrogens with zero attached hydrogens (tertiary/aromatic N) is 4. The predicted octanol–water partition coefficient (Wildman–Crippen LogP) is 1.04. The number of hydrogen-bond acceptors (Lipinski definition) is 5. The monoisotopic (exact) mass is 356 g/mol. The number of aromatic nitrogens is 3.